The van der Waals surface area contributed by atoms with Crippen LogP contribution >= 0.6 is 0 Å². The van der Waals surface area contributed by atoms with E-state index in [1.165, 1.54) is 0 Å². The van der Waals surface area contributed by atoms with Crippen molar-refractivity contribution in [2.45, 2.75) is 12.8 Å². The minimum atomic E-state index is -0.143. The fourth-order valence-corrected chi connectivity index (χ4v) is 2.42. The molecule has 1 aliphatic rings. The third-order valence-electron chi connectivity index (χ3n) is 3.76. The Kier molecular flexibility index (Phi) is 4.99. The summed E-state index contributed by atoms with van der Waals surface area (Å²) in [6.07, 6.45) is 4.48. The lowest BCUT2D eigenvalue weighted by molar-refractivity contribution is -0.128. The summed E-state index contributed by atoms with van der Waals surface area (Å²) in [4.78, 5) is 23.0. The lowest BCUT2D eigenvalue weighted by Gasteiger charge is -2.21. The van der Waals surface area contributed by atoms with E-state index in [0.29, 0.717) is 44.1 Å². The quantitative estimate of drug-likeness (QED) is 0.628. The first-order valence-electron chi connectivity index (χ1n) is 7.84. The summed E-state index contributed by atoms with van der Waals surface area (Å²) in [6.45, 7) is 1.44. The van der Waals surface area contributed by atoms with Crippen molar-refractivity contribution in [3.8, 4) is 5.82 Å². The van der Waals surface area contributed by atoms with Gasteiger partial charge in [-0.1, -0.05) is 0 Å². The Hall–Kier alpha value is -2.97. The molecule has 2 amide bonds. The van der Waals surface area contributed by atoms with Gasteiger partial charge in [-0.3, -0.25) is 9.59 Å². The summed E-state index contributed by atoms with van der Waals surface area (Å²) in [5.74, 6) is 1.11. The van der Waals surface area contributed by atoms with Crippen molar-refractivity contribution in [1.82, 2.24) is 30.6 Å². The van der Waals surface area contributed by atoms with Gasteiger partial charge in [-0.05, 0) is 24.6 Å². The molecule has 0 radical (unpaired) electrons. The highest BCUT2D eigenvalue weighted by Gasteiger charge is 2.23. The van der Waals surface area contributed by atoms with Crippen molar-refractivity contribution in [3.05, 3.63) is 30.6 Å². The smallest absolute Gasteiger partial charge is 0.224 e. The standard InChI is InChI=1S/C15H19N7O2/c23-14-5-2-11(10-18-14)15(24)17-8-7-16-12-3-4-13(21-20-12)22-9-1-6-19-22/h1,3-4,6,9,11H,2,5,7-8,10H2,(H,16,20)(H,17,24)(H,18,23). The molecule has 0 saturated carbocycles. The predicted molar refractivity (Wildman–Crippen MR) is 86.4 cm³/mol. The van der Waals surface area contributed by atoms with E-state index in [4.69, 9.17) is 0 Å². The van der Waals surface area contributed by atoms with E-state index in [1.807, 2.05) is 18.2 Å². The summed E-state index contributed by atoms with van der Waals surface area (Å²) < 4.78 is 1.62. The molecule has 1 aliphatic heterocycles. The summed E-state index contributed by atoms with van der Waals surface area (Å²) >= 11 is 0. The lowest BCUT2D eigenvalue weighted by atomic mass is 9.98. The molecule has 1 saturated heterocycles. The molecule has 1 atom stereocenters. The normalized spacial score (nSPS) is 17.2. The van der Waals surface area contributed by atoms with Gasteiger partial charge in [-0.2, -0.15) is 5.10 Å². The number of carbonyl (C=O) groups is 2. The molecule has 0 spiro atoms. The molecule has 9 nitrogen and oxygen atoms in total. The largest absolute Gasteiger partial charge is 0.367 e. The first-order chi connectivity index (χ1) is 11.7. The van der Waals surface area contributed by atoms with Gasteiger partial charge in [0.1, 0.15) is 5.82 Å². The van der Waals surface area contributed by atoms with Crippen molar-refractivity contribution < 1.29 is 9.59 Å². The molecule has 24 heavy (non-hydrogen) atoms. The van der Waals surface area contributed by atoms with Crippen LogP contribution in [-0.4, -0.2) is 51.4 Å². The number of nitrogens with zero attached hydrogens (tertiary/aromatic N) is 4. The number of hydrogen-bond donors (Lipinski definition) is 3. The summed E-state index contributed by atoms with van der Waals surface area (Å²) in [7, 11) is 0. The number of hydrogen-bond acceptors (Lipinski definition) is 6. The number of amides is 2. The third-order valence-corrected chi connectivity index (χ3v) is 3.76. The minimum absolute atomic E-state index is 0.0119. The van der Waals surface area contributed by atoms with Crippen LogP contribution < -0.4 is 16.0 Å². The van der Waals surface area contributed by atoms with Gasteiger partial charge in [0.25, 0.3) is 0 Å². The van der Waals surface area contributed by atoms with Gasteiger partial charge in [0.15, 0.2) is 5.82 Å². The molecule has 3 rings (SSSR count). The average Bonchev–Trinajstić information content (AvgIpc) is 3.14. The van der Waals surface area contributed by atoms with E-state index < -0.39 is 0 Å². The third kappa shape index (κ3) is 4.06. The Morgan fingerprint density at radius 2 is 2.25 bits per heavy atom. The molecule has 126 valence electrons. The van der Waals surface area contributed by atoms with Crippen molar-refractivity contribution in [2.24, 2.45) is 5.92 Å². The van der Waals surface area contributed by atoms with Crippen molar-refractivity contribution >= 4 is 17.6 Å². The van der Waals surface area contributed by atoms with Crippen LogP contribution in [0.4, 0.5) is 5.82 Å². The van der Waals surface area contributed by atoms with Gasteiger partial charge >= 0.3 is 0 Å². The molecule has 2 aromatic heterocycles. The Labute approximate surface area is 138 Å². The maximum absolute atomic E-state index is 12.0. The molecule has 3 N–H and O–H groups in total. The Balaban J connectivity index is 1.39. The van der Waals surface area contributed by atoms with Gasteiger partial charge in [0, 0.05) is 38.4 Å². The SMILES string of the molecule is O=C1CCC(C(=O)NCCNc2ccc(-n3cccn3)nn2)CN1. The van der Waals surface area contributed by atoms with E-state index in [9.17, 15) is 9.59 Å². The lowest BCUT2D eigenvalue weighted by Crippen LogP contribution is -2.43. The molecule has 1 fully saturated rings. The minimum Gasteiger partial charge on any atom is -0.367 e. The summed E-state index contributed by atoms with van der Waals surface area (Å²) in [5, 5.41) is 20.9. The van der Waals surface area contributed by atoms with E-state index in [1.54, 1.807) is 17.1 Å². The van der Waals surface area contributed by atoms with Crippen LogP contribution in [0.2, 0.25) is 0 Å². The molecule has 0 bridgehead atoms. The van der Waals surface area contributed by atoms with Crippen molar-refractivity contribution in [2.75, 3.05) is 25.0 Å². The molecule has 0 aliphatic carbocycles. The summed E-state index contributed by atoms with van der Waals surface area (Å²) in [5.41, 5.74) is 0. The van der Waals surface area contributed by atoms with Crippen LogP contribution in [0, 0.1) is 5.92 Å². The molecular weight excluding hydrogens is 310 g/mol. The van der Waals surface area contributed by atoms with E-state index in [-0.39, 0.29) is 17.7 Å². The van der Waals surface area contributed by atoms with Gasteiger partial charge in [-0.25, -0.2) is 4.68 Å². The van der Waals surface area contributed by atoms with Crippen LogP contribution in [0.15, 0.2) is 30.6 Å². The van der Waals surface area contributed by atoms with Crippen molar-refractivity contribution in [3.63, 3.8) is 0 Å². The van der Waals surface area contributed by atoms with Gasteiger partial charge in [0.2, 0.25) is 11.8 Å². The van der Waals surface area contributed by atoms with Crippen LogP contribution in [0.5, 0.6) is 0 Å². The first-order valence-corrected chi connectivity index (χ1v) is 7.84. The number of aromatic nitrogens is 4. The second kappa shape index (κ2) is 7.53. The highest BCUT2D eigenvalue weighted by molar-refractivity contribution is 5.83. The van der Waals surface area contributed by atoms with E-state index in [2.05, 4.69) is 31.2 Å². The van der Waals surface area contributed by atoms with E-state index in [0.717, 1.165) is 0 Å². The topological polar surface area (TPSA) is 114 Å². The maximum atomic E-state index is 12.0. The second-order valence-electron chi connectivity index (χ2n) is 5.48. The monoisotopic (exact) mass is 329 g/mol. The number of nitrogens with one attached hydrogen (secondary N) is 3. The zero-order chi connectivity index (χ0) is 16.8. The number of anilines is 1. The number of carbonyl (C=O) groups excluding carboxylic acids is 2. The number of piperidine rings is 1. The zero-order valence-electron chi connectivity index (χ0n) is 13.1. The molecule has 0 aromatic carbocycles. The Morgan fingerprint density at radius 3 is 2.92 bits per heavy atom. The van der Waals surface area contributed by atoms with Crippen LogP contribution in [0.3, 0.4) is 0 Å². The van der Waals surface area contributed by atoms with Gasteiger partial charge in [-0.15, -0.1) is 10.2 Å². The molecule has 1 unspecified atom stereocenters. The zero-order valence-corrected chi connectivity index (χ0v) is 13.1. The summed E-state index contributed by atoms with van der Waals surface area (Å²) in [6, 6.07) is 5.43. The van der Waals surface area contributed by atoms with E-state index >= 15 is 0 Å². The fourth-order valence-electron chi connectivity index (χ4n) is 2.42. The molecule has 3 heterocycles. The fraction of sp³-hybridized carbons (Fsp3) is 0.400. The molecular formula is C15H19N7O2. The maximum Gasteiger partial charge on any atom is 0.224 e. The second-order valence-corrected chi connectivity index (χ2v) is 5.48. The first kappa shape index (κ1) is 15.9. The average molecular weight is 329 g/mol. The van der Waals surface area contributed by atoms with Crippen molar-refractivity contribution in [1.29, 1.82) is 0 Å². The highest BCUT2D eigenvalue weighted by Crippen LogP contribution is 2.10. The molecule has 2 aromatic rings. The van der Waals surface area contributed by atoms with Crippen LogP contribution in [-0.2, 0) is 9.59 Å². The van der Waals surface area contributed by atoms with Gasteiger partial charge in [0.05, 0.1) is 5.92 Å². The Bertz CT molecular complexity index is 674. The predicted octanol–water partition coefficient (Wildman–Crippen LogP) is -0.283. The van der Waals surface area contributed by atoms with Crippen LogP contribution in [0.25, 0.3) is 5.82 Å². The number of rotatable bonds is 6. The van der Waals surface area contributed by atoms with Gasteiger partial charge < -0.3 is 16.0 Å². The Morgan fingerprint density at radius 1 is 1.33 bits per heavy atom. The highest BCUT2D eigenvalue weighted by atomic mass is 16.2. The molecule has 9 heteroatoms. The van der Waals surface area contributed by atoms with Crippen LogP contribution in [0.1, 0.15) is 12.8 Å².